The standard InChI is InChI=1S/C16H11BrN2OS2/c1-10-3-2-4-12(18-10)9-14-15(20)19(16(21)22-14)13-7-5-11(17)6-8-13/h2-9H,1H3/b14-9+. The van der Waals surface area contributed by atoms with E-state index >= 15 is 0 Å². The lowest BCUT2D eigenvalue weighted by molar-refractivity contribution is -0.113. The van der Waals surface area contributed by atoms with Crippen molar-refractivity contribution in [2.75, 3.05) is 4.90 Å². The highest BCUT2D eigenvalue weighted by Crippen LogP contribution is 2.36. The number of halogens is 1. The van der Waals surface area contributed by atoms with E-state index in [1.807, 2.05) is 49.4 Å². The van der Waals surface area contributed by atoms with Crippen LogP contribution in [0.4, 0.5) is 5.69 Å². The summed E-state index contributed by atoms with van der Waals surface area (Å²) in [6.45, 7) is 1.92. The summed E-state index contributed by atoms with van der Waals surface area (Å²) in [6.07, 6.45) is 1.78. The van der Waals surface area contributed by atoms with Gasteiger partial charge in [-0.25, -0.2) is 0 Å². The third-order valence-corrected chi connectivity index (χ3v) is 4.90. The van der Waals surface area contributed by atoms with Gasteiger partial charge in [0.05, 0.1) is 16.3 Å². The van der Waals surface area contributed by atoms with Crippen molar-refractivity contribution in [1.82, 2.24) is 4.98 Å². The van der Waals surface area contributed by atoms with Crippen LogP contribution in [0.3, 0.4) is 0 Å². The molecule has 2 heterocycles. The molecule has 3 nitrogen and oxygen atoms in total. The van der Waals surface area contributed by atoms with E-state index in [4.69, 9.17) is 12.2 Å². The van der Waals surface area contributed by atoms with Crippen LogP contribution < -0.4 is 4.90 Å². The van der Waals surface area contributed by atoms with Gasteiger partial charge in [0.15, 0.2) is 4.32 Å². The number of thioether (sulfide) groups is 1. The van der Waals surface area contributed by atoms with Crippen molar-refractivity contribution in [2.45, 2.75) is 6.92 Å². The molecule has 0 unspecified atom stereocenters. The highest BCUT2D eigenvalue weighted by molar-refractivity contribution is 9.10. The van der Waals surface area contributed by atoms with Gasteiger partial charge in [0, 0.05) is 10.2 Å². The Balaban J connectivity index is 1.93. The Kier molecular flexibility index (Phi) is 4.42. The zero-order valence-corrected chi connectivity index (χ0v) is 14.8. The lowest BCUT2D eigenvalue weighted by atomic mass is 10.2. The van der Waals surface area contributed by atoms with Gasteiger partial charge in [0.2, 0.25) is 0 Å². The summed E-state index contributed by atoms with van der Waals surface area (Å²) in [5.74, 6) is -0.111. The van der Waals surface area contributed by atoms with Crippen LogP contribution in [-0.4, -0.2) is 15.2 Å². The topological polar surface area (TPSA) is 33.2 Å². The first-order valence-corrected chi connectivity index (χ1v) is 8.53. The molecule has 0 saturated carbocycles. The van der Waals surface area contributed by atoms with Crippen molar-refractivity contribution in [3.05, 3.63) is 63.2 Å². The van der Waals surface area contributed by atoms with Crippen molar-refractivity contribution in [1.29, 1.82) is 0 Å². The molecule has 0 N–H and O–H groups in total. The maximum Gasteiger partial charge on any atom is 0.270 e. The molecule has 1 aliphatic rings. The third kappa shape index (κ3) is 3.14. The fourth-order valence-corrected chi connectivity index (χ4v) is 3.61. The van der Waals surface area contributed by atoms with Gasteiger partial charge < -0.3 is 0 Å². The van der Waals surface area contributed by atoms with Crippen LogP contribution in [-0.2, 0) is 4.79 Å². The second-order valence-corrected chi connectivity index (χ2v) is 7.29. The summed E-state index contributed by atoms with van der Waals surface area (Å²) in [5, 5.41) is 0. The van der Waals surface area contributed by atoms with Crippen LogP contribution >= 0.6 is 39.9 Å². The molecule has 0 bridgehead atoms. The lowest BCUT2D eigenvalue weighted by Gasteiger charge is -2.14. The van der Waals surface area contributed by atoms with Gasteiger partial charge in [-0.15, -0.1) is 0 Å². The molecule has 0 aliphatic carbocycles. The monoisotopic (exact) mass is 390 g/mol. The molecule has 6 heteroatoms. The van der Waals surface area contributed by atoms with Gasteiger partial charge in [0.1, 0.15) is 0 Å². The smallest absolute Gasteiger partial charge is 0.268 e. The number of aromatic nitrogens is 1. The van der Waals surface area contributed by atoms with Crippen molar-refractivity contribution in [2.24, 2.45) is 0 Å². The second kappa shape index (κ2) is 6.32. The average Bonchev–Trinajstić information content (AvgIpc) is 2.75. The number of benzene rings is 1. The Morgan fingerprint density at radius 1 is 1.23 bits per heavy atom. The summed E-state index contributed by atoms with van der Waals surface area (Å²) in [5.41, 5.74) is 2.44. The number of carbonyl (C=O) groups excluding carboxylic acids is 1. The van der Waals surface area contributed by atoms with E-state index in [0.29, 0.717) is 9.23 Å². The number of thiocarbonyl (C=S) groups is 1. The molecule has 1 amide bonds. The predicted molar refractivity (Wildman–Crippen MR) is 98.8 cm³/mol. The Bertz CT molecular complexity index is 787. The largest absolute Gasteiger partial charge is 0.270 e. The Morgan fingerprint density at radius 2 is 1.95 bits per heavy atom. The molecular weight excluding hydrogens is 380 g/mol. The van der Waals surface area contributed by atoms with Gasteiger partial charge in [-0.05, 0) is 49.4 Å². The van der Waals surface area contributed by atoms with Crippen LogP contribution in [0.1, 0.15) is 11.4 Å². The lowest BCUT2D eigenvalue weighted by Crippen LogP contribution is -2.27. The molecule has 3 rings (SSSR count). The summed E-state index contributed by atoms with van der Waals surface area (Å²) in [6, 6.07) is 13.2. The van der Waals surface area contributed by atoms with Crippen LogP contribution in [0.2, 0.25) is 0 Å². The summed E-state index contributed by atoms with van der Waals surface area (Å²) in [7, 11) is 0. The molecule has 0 spiro atoms. The van der Waals surface area contributed by atoms with Crippen molar-refractivity contribution < 1.29 is 4.79 Å². The molecule has 2 aromatic rings. The maximum atomic E-state index is 12.6. The highest BCUT2D eigenvalue weighted by atomic mass is 79.9. The number of hydrogen-bond donors (Lipinski definition) is 0. The highest BCUT2D eigenvalue weighted by Gasteiger charge is 2.33. The van der Waals surface area contributed by atoms with E-state index in [-0.39, 0.29) is 5.91 Å². The molecular formula is C16H11BrN2OS2. The fourth-order valence-electron chi connectivity index (χ4n) is 2.06. The quantitative estimate of drug-likeness (QED) is 0.555. The van der Waals surface area contributed by atoms with E-state index in [1.54, 1.807) is 11.0 Å². The van der Waals surface area contributed by atoms with Crippen LogP contribution in [0.5, 0.6) is 0 Å². The molecule has 0 radical (unpaired) electrons. The predicted octanol–water partition coefficient (Wildman–Crippen LogP) is 4.56. The van der Waals surface area contributed by atoms with E-state index in [2.05, 4.69) is 20.9 Å². The average molecular weight is 391 g/mol. The number of aryl methyl sites for hydroxylation is 1. The number of carbonyl (C=O) groups is 1. The Hall–Kier alpha value is -1.50. The molecule has 1 aromatic carbocycles. The van der Waals surface area contributed by atoms with Gasteiger partial charge in [-0.2, -0.15) is 0 Å². The number of hydrogen-bond acceptors (Lipinski definition) is 4. The molecule has 22 heavy (non-hydrogen) atoms. The zero-order valence-electron chi connectivity index (χ0n) is 11.6. The molecule has 1 fully saturated rings. The van der Waals surface area contributed by atoms with Crippen LogP contribution in [0.25, 0.3) is 6.08 Å². The van der Waals surface area contributed by atoms with Crippen LogP contribution in [0, 0.1) is 6.92 Å². The first-order chi connectivity index (χ1) is 10.5. The van der Waals surface area contributed by atoms with E-state index in [1.165, 1.54) is 11.8 Å². The van der Waals surface area contributed by atoms with Gasteiger partial charge in [0.25, 0.3) is 5.91 Å². The number of pyridine rings is 1. The molecule has 1 aliphatic heterocycles. The van der Waals surface area contributed by atoms with Crippen molar-refractivity contribution in [3.63, 3.8) is 0 Å². The van der Waals surface area contributed by atoms with E-state index < -0.39 is 0 Å². The van der Waals surface area contributed by atoms with Gasteiger partial charge >= 0.3 is 0 Å². The van der Waals surface area contributed by atoms with Crippen molar-refractivity contribution in [3.8, 4) is 0 Å². The number of anilines is 1. The molecule has 110 valence electrons. The molecule has 1 aromatic heterocycles. The number of amides is 1. The van der Waals surface area contributed by atoms with Crippen LogP contribution in [0.15, 0.2) is 51.8 Å². The Labute approximate surface area is 146 Å². The zero-order chi connectivity index (χ0) is 15.7. The molecule has 1 saturated heterocycles. The van der Waals surface area contributed by atoms with E-state index in [9.17, 15) is 4.79 Å². The third-order valence-electron chi connectivity index (χ3n) is 3.07. The van der Waals surface area contributed by atoms with Gasteiger partial charge in [-0.1, -0.05) is 46.0 Å². The SMILES string of the molecule is Cc1cccc(/C=C2/SC(=S)N(c3ccc(Br)cc3)C2=O)n1. The number of rotatable bonds is 2. The first-order valence-electron chi connectivity index (χ1n) is 6.52. The minimum Gasteiger partial charge on any atom is -0.268 e. The second-order valence-electron chi connectivity index (χ2n) is 4.70. The summed E-state index contributed by atoms with van der Waals surface area (Å²) in [4.78, 5) is 19.1. The fraction of sp³-hybridized carbons (Fsp3) is 0.0625. The number of nitrogens with zero attached hydrogens (tertiary/aromatic N) is 2. The minimum atomic E-state index is -0.111. The maximum absolute atomic E-state index is 12.6. The summed E-state index contributed by atoms with van der Waals surface area (Å²) >= 11 is 10.0. The summed E-state index contributed by atoms with van der Waals surface area (Å²) < 4.78 is 1.49. The normalized spacial score (nSPS) is 16.6. The Morgan fingerprint density at radius 3 is 2.64 bits per heavy atom. The van der Waals surface area contributed by atoms with Gasteiger partial charge in [-0.3, -0.25) is 14.7 Å². The molecule has 0 atom stereocenters. The van der Waals surface area contributed by atoms with E-state index in [0.717, 1.165) is 21.5 Å². The van der Waals surface area contributed by atoms with Crippen molar-refractivity contribution >= 4 is 61.9 Å². The first kappa shape index (κ1) is 15.4. The minimum absolute atomic E-state index is 0.111.